The Bertz CT molecular complexity index is 555. The van der Waals surface area contributed by atoms with Gasteiger partial charge in [0.15, 0.2) is 0 Å². The fourth-order valence-corrected chi connectivity index (χ4v) is 5.12. The molecule has 4 aliphatic heterocycles. The van der Waals surface area contributed by atoms with Crippen molar-refractivity contribution in [3.63, 3.8) is 0 Å². The monoisotopic (exact) mass is 276 g/mol. The largest absolute Gasteiger partial charge is 0.339 e. The first-order valence-electron chi connectivity index (χ1n) is 7.53. The van der Waals surface area contributed by atoms with Crippen LogP contribution in [0.15, 0.2) is 0 Å². The Hall–Kier alpha value is -1.39. The van der Waals surface area contributed by atoms with Crippen molar-refractivity contribution in [2.24, 2.45) is 11.3 Å². The van der Waals surface area contributed by atoms with Gasteiger partial charge in [-0.25, -0.2) is 0 Å². The molecule has 1 N–H and O–H groups in total. The van der Waals surface area contributed by atoms with E-state index in [1.807, 2.05) is 18.7 Å². The third-order valence-electron chi connectivity index (χ3n) is 6.35. The van der Waals surface area contributed by atoms with E-state index in [-0.39, 0.29) is 23.5 Å². The number of Topliss-reactive ketones (excluding diaryl/α,β-unsaturated/α-hetero) is 1. The maximum atomic E-state index is 13.0. The van der Waals surface area contributed by atoms with Crippen LogP contribution in [0.4, 0.5) is 0 Å². The Balaban J connectivity index is 1.90. The number of piperazine rings is 1. The van der Waals surface area contributed by atoms with Crippen LogP contribution in [-0.2, 0) is 14.4 Å². The van der Waals surface area contributed by atoms with E-state index in [9.17, 15) is 14.4 Å². The number of nitrogens with one attached hydrogen (secondary N) is 1. The van der Waals surface area contributed by atoms with Gasteiger partial charge in [-0.15, -0.1) is 0 Å². The number of amides is 2. The first-order valence-corrected chi connectivity index (χ1v) is 7.53. The lowest BCUT2D eigenvalue weighted by atomic mass is 9.51. The van der Waals surface area contributed by atoms with E-state index < -0.39 is 16.5 Å². The highest BCUT2D eigenvalue weighted by molar-refractivity contribution is 6.06. The van der Waals surface area contributed by atoms with Crippen LogP contribution in [0.3, 0.4) is 0 Å². The molecule has 4 heterocycles. The molecule has 2 amide bonds. The van der Waals surface area contributed by atoms with Crippen molar-refractivity contribution in [2.75, 3.05) is 6.54 Å². The average Bonchev–Trinajstić information content (AvgIpc) is 2.82. The zero-order valence-electron chi connectivity index (χ0n) is 12.0. The van der Waals surface area contributed by atoms with Gasteiger partial charge in [0, 0.05) is 24.3 Å². The number of nitrogens with zero attached hydrogens (tertiary/aromatic N) is 1. The second kappa shape index (κ2) is 3.26. The highest BCUT2D eigenvalue weighted by Crippen LogP contribution is 2.58. The Kier molecular flexibility index (Phi) is 2.01. The molecule has 2 spiro atoms. The zero-order chi connectivity index (χ0) is 14.3. The minimum absolute atomic E-state index is 0.0102. The van der Waals surface area contributed by atoms with Crippen LogP contribution in [0.2, 0.25) is 0 Å². The average molecular weight is 276 g/mol. The summed E-state index contributed by atoms with van der Waals surface area (Å²) in [4.78, 5) is 39.6. The molecule has 5 fully saturated rings. The molecule has 0 unspecified atom stereocenters. The zero-order valence-corrected chi connectivity index (χ0v) is 12.0. The maximum absolute atomic E-state index is 13.0. The number of piperidine rings is 2. The smallest absolute Gasteiger partial charge is 0.249 e. The van der Waals surface area contributed by atoms with Gasteiger partial charge in [0.25, 0.3) is 0 Å². The van der Waals surface area contributed by atoms with E-state index in [2.05, 4.69) is 5.32 Å². The van der Waals surface area contributed by atoms with Crippen molar-refractivity contribution < 1.29 is 14.4 Å². The van der Waals surface area contributed by atoms with Gasteiger partial charge in [-0.1, -0.05) is 13.8 Å². The van der Waals surface area contributed by atoms with Crippen molar-refractivity contribution in [3.05, 3.63) is 0 Å². The summed E-state index contributed by atoms with van der Waals surface area (Å²) in [6.07, 6.45) is 3.13. The molecule has 108 valence electrons. The summed E-state index contributed by atoms with van der Waals surface area (Å²) in [5.74, 6) is 0.238. The predicted molar refractivity (Wildman–Crippen MR) is 70.7 cm³/mol. The van der Waals surface area contributed by atoms with E-state index in [4.69, 9.17) is 0 Å². The summed E-state index contributed by atoms with van der Waals surface area (Å²) < 4.78 is 0. The molecule has 2 bridgehead atoms. The van der Waals surface area contributed by atoms with Gasteiger partial charge < -0.3 is 10.2 Å². The summed E-state index contributed by atoms with van der Waals surface area (Å²) in [5.41, 5.74) is -2.01. The Morgan fingerprint density at radius 3 is 2.70 bits per heavy atom. The highest BCUT2D eigenvalue weighted by Gasteiger charge is 2.72. The third kappa shape index (κ3) is 1.07. The van der Waals surface area contributed by atoms with Crippen molar-refractivity contribution in [2.45, 2.75) is 57.0 Å². The Morgan fingerprint density at radius 2 is 1.95 bits per heavy atom. The molecule has 1 saturated carbocycles. The van der Waals surface area contributed by atoms with E-state index in [0.29, 0.717) is 25.8 Å². The molecule has 0 radical (unpaired) electrons. The third-order valence-corrected chi connectivity index (χ3v) is 6.35. The lowest BCUT2D eigenvalue weighted by molar-refractivity contribution is -0.186. The molecule has 20 heavy (non-hydrogen) atoms. The van der Waals surface area contributed by atoms with Gasteiger partial charge in [0.1, 0.15) is 16.9 Å². The lowest BCUT2D eigenvalue weighted by Gasteiger charge is -2.63. The Morgan fingerprint density at radius 1 is 1.20 bits per heavy atom. The molecule has 5 aliphatic rings. The SMILES string of the molecule is CC1(C)C(=O)CC[C@@]23NC(=O)[C@]4(CCCN4C2=O)C[C@H]13. The molecule has 3 atom stereocenters. The molecule has 1 aliphatic carbocycles. The van der Waals surface area contributed by atoms with E-state index in [0.717, 1.165) is 12.8 Å². The molecule has 5 nitrogen and oxygen atoms in total. The minimum atomic E-state index is -0.819. The topological polar surface area (TPSA) is 66.5 Å². The molecular formula is C15H20N2O3. The predicted octanol–water partition coefficient (Wildman–Crippen LogP) is 0.625. The summed E-state index contributed by atoms with van der Waals surface area (Å²) in [6, 6.07) is 0. The first-order chi connectivity index (χ1) is 9.34. The fraction of sp³-hybridized carbons (Fsp3) is 0.800. The van der Waals surface area contributed by atoms with Crippen LogP contribution in [0.25, 0.3) is 0 Å². The van der Waals surface area contributed by atoms with Crippen LogP contribution < -0.4 is 5.32 Å². The van der Waals surface area contributed by atoms with Gasteiger partial charge in [-0.2, -0.15) is 0 Å². The Labute approximate surface area is 118 Å². The van der Waals surface area contributed by atoms with E-state index in [1.165, 1.54) is 0 Å². The number of rotatable bonds is 0. The van der Waals surface area contributed by atoms with Crippen LogP contribution >= 0.6 is 0 Å². The summed E-state index contributed by atoms with van der Waals surface area (Å²) in [6.45, 7) is 4.57. The normalized spacial score (nSPS) is 45.2. The molecule has 0 aromatic rings. The summed E-state index contributed by atoms with van der Waals surface area (Å²) in [7, 11) is 0. The molecule has 5 heteroatoms. The standard InChI is InChI=1S/C15H20N2O3/c1-13(2)9-8-14-5-3-7-17(14)12(20)15(9,16-11(14)19)6-4-10(13)18/h9H,3-8H2,1-2H3,(H,16,19)/t9-,14+,15+/m1/s1. The van der Waals surface area contributed by atoms with Crippen LogP contribution in [0.5, 0.6) is 0 Å². The minimum Gasteiger partial charge on any atom is -0.339 e. The molecule has 0 aromatic heterocycles. The number of carbonyl (C=O) groups is 3. The van der Waals surface area contributed by atoms with E-state index in [1.54, 1.807) is 0 Å². The van der Waals surface area contributed by atoms with Crippen molar-refractivity contribution >= 4 is 17.6 Å². The van der Waals surface area contributed by atoms with Crippen LogP contribution in [0.1, 0.15) is 46.0 Å². The second-order valence-corrected chi connectivity index (χ2v) is 7.42. The fourth-order valence-electron chi connectivity index (χ4n) is 5.12. The lowest BCUT2D eigenvalue weighted by Crippen LogP contribution is -2.84. The number of carbonyl (C=O) groups excluding carboxylic acids is 3. The van der Waals surface area contributed by atoms with Crippen LogP contribution in [-0.4, -0.2) is 40.1 Å². The molecule has 0 aromatic carbocycles. The quantitative estimate of drug-likeness (QED) is 0.705. The van der Waals surface area contributed by atoms with Gasteiger partial charge in [-0.05, 0) is 25.7 Å². The highest BCUT2D eigenvalue weighted by atomic mass is 16.2. The molecular weight excluding hydrogens is 256 g/mol. The van der Waals surface area contributed by atoms with Gasteiger partial charge in [-0.3, -0.25) is 14.4 Å². The summed E-state index contributed by atoms with van der Waals surface area (Å²) >= 11 is 0. The van der Waals surface area contributed by atoms with Gasteiger partial charge >= 0.3 is 0 Å². The second-order valence-electron chi connectivity index (χ2n) is 7.42. The van der Waals surface area contributed by atoms with E-state index >= 15 is 0 Å². The van der Waals surface area contributed by atoms with Crippen molar-refractivity contribution in [3.8, 4) is 0 Å². The number of hydrogen-bond acceptors (Lipinski definition) is 3. The summed E-state index contributed by atoms with van der Waals surface area (Å²) in [5, 5.41) is 3.04. The van der Waals surface area contributed by atoms with Crippen LogP contribution in [0, 0.1) is 11.3 Å². The van der Waals surface area contributed by atoms with Crippen molar-refractivity contribution in [1.82, 2.24) is 10.2 Å². The van der Waals surface area contributed by atoms with Gasteiger partial charge in [0.2, 0.25) is 11.8 Å². The van der Waals surface area contributed by atoms with Gasteiger partial charge in [0.05, 0.1) is 0 Å². The number of hydrogen-bond donors (Lipinski definition) is 1. The maximum Gasteiger partial charge on any atom is 0.249 e. The first kappa shape index (κ1) is 12.4. The molecule has 5 rings (SSSR count). The number of ketones is 1. The molecule has 4 saturated heterocycles. The van der Waals surface area contributed by atoms with Crippen molar-refractivity contribution in [1.29, 1.82) is 0 Å². The number of fused-ring (bicyclic) bond motifs is 1.